The van der Waals surface area contributed by atoms with Gasteiger partial charge in [-0.25, -0.2) is 0 Å². The zero-order valence-corrected chi connectivity index (χ0v) is 17.5. The number of carbonyl (C=O) groups is 1. The number of fused-ring (bicyclic) bond motifs is 3. The van der Waals surface area contributed by atoms with E-state index >= 15 is 0 Å². The normalized spacial score (nSPS) is 15.1. The lowest BCUT2D eigenvalue weighted by molar-refractivity contribution is -0.122. The first-order valence-corrected chi connectivity index (χ1v) is 10.6. The van der Waals surface area contributed by atoms with Crippen molar-refractivity contribution in [3.63, 3.8) is 0 Å². The summed E-state index contributed by atoms with van der Waals surface area (Å²) >= 11 is 0. The second-order valence-electron chi connectivity index (χ2n) is 8.07. The molecule has 0 unspecified atom stereocenters. The van der Waals surface area contributed by atoms with E-state index in [2.05, 4.69) is 23.3 Å². The number of pyridine rings is 1. The number of rotatable bonds is 5. The number of benzene rings is 2. The Morgan fingerprint density at radius 1 is 1.13 bits per heavy atom. The van der Waals surface area contributed by atoms with Gasteiger partial charge in [-0.15, -0.1) is 0 Å². The van der Waals surface area contributed by atoms with Crippen LogP contribution in [0.4, 0.5) is 0 Å². The van der Waals surface area contributed by atoms with Crippen molar-refractivity contribution in [2.75, 3.05) is 19.9 Å². The number of nitrogens with one attached hydrogen (secondary N) is 2. The molecule has 0 aliphatic carbocycles. The van der Waals surface area contributed by atoms with Crippen LogP contribution in [-0.4, -0.2) is 35.7 Å². The molecule has 2 aliphatic rings. The number of carbonyl (C=O) groups excluding carboxylic acids is 1. The average molecular weight is 419 g/mol. The first-order valence-electron chi connectivity index (χ1n) is 10.6. The number of aromatic amines is 1. The van der Waals surface area contributed by atoms with Crippen LogP contribution in [0.1, 0.15) is 29.3 Å². The van der Waals surface area contributed by atoms with Crippen LogP contribution in [0.15, 0.2) is 41.2 Å². The zero-order valence-electron chi connectivity index (χ0n) is 17.5. The Morgan fingerprint density at radius 3 is 2.84 bits per heavy atom. The minimum absolute atomic E-state index is 0.0633. The highest BCUT2D eigenvalue weighted by Crippen LogP contribution is 2.32. The molecule has 0 fully saturated rings. The summed E-state index contributed by atoms with van der Waals surface area (Å²) in [4.78, 5) is 31.1. The van der Waals surface area contributed by atoms with Crippen LogP contribution in [0, 0.1) is 0 Å². The van der Waals surface area contributed by atoms with Crippen molar-refractivity contribution in [3.05, 3.63) is 69.0 Å². The summed E-state index contributed by atoms with van der Waals surface area (Å²) in [6, 6.07) is 11.7. The number of hydrogen-bond acceptors (Lipinski definition) is 5. The van der Waals surface area contributed by atoms with E-state index in [-0.39, 0.29) is 24.7 Å². The van der Waals surface area contributed by atoms with Crippen molar-refractivity contribution < 1.29 is 14.3 Å². The van der Waals surface area contributed by atoms with Gasteiger partial charge < -0.3 is 19.8 Å². The number of ether oxygens (including phenoxy) is 2. The van der Waals surface area contributed by atoms with E-state index < -0.39 is 0 Å². The van der Waals surface area contributed by atoms with Gasteiger partial charge in [0.25, 0.3) is 0 Å². The van der Waals surface area contributed by atoms with Crippen molar-refractivity contribution in [2.45, 2.75) is 32.9 Å². The van der Waals surface area contributed by atoms with Crippen molar-refractivity contribution in [1.29, 1.82) is 0 Å². The largest absolute Gasteiger partial charge is 0.454 e. The molecule has 1 amide bonds. The predicted octanol–water partition coefficient (Wildman–Crippen LogP) is 2.49. The summed E-state index contributed by atoms with van der Waals surface area (Å²) in [5.74, 6) is 1.37. The van der Waals surface area contributed by atoms with Gasteiger partial charge >= 0.3 is 0 Å². The van der Waals surface area contributed by atoms with E-state index in [0.29, 0.717) is 18.8 Å². The summed E-state index contributed by atoms with van der Waals surface area (Å²) in [5.41, 5.74) is 4.82. The Labute approximate surface area is 180 Å². The van der Waals surface area contributed by atoms with Crippen molar-refractivity contribution in [3.8, 4) is 11.5 Å². The lowest BCUT2D eigenvalue weighted by atomic mass is 10.0. The molecule has 160 valence electrons. The molecule has 1 aromatic heterocycles. The summed E-state index contributed by atoms with van der Waals surface area (Å²) in [5, 5.41) is 3.69. The number of aryl methyl sites for hydroxylation is 1. The summed E-state index contributed by atoms with van der Waals surface area (Å²) < 4.78 is 10.7. The quantitative estimate of drug-likeness (QED) is 0.664. The molecule has 7 nitrogen and oxygen atoms in total. The molecule has 0 bridgehead atoms. The van der Waals surface area contributed by atoms with Gasteiger partial charge in [0, 0.05) is 48.2 Å². The summed E-state index contributed by atoms with van der Waals surface area (Å²) in [6.07, 6.45) is 1.62. The topological polar surface area (TPSA) is 83.7 Å². The molecule has 0 saturated heterocycles. The summed E-state index contributed by atoms with van der Waals surface area (Å²) in [7, 11) is 0. The van der Waals surface area contributed by atoms with Crippen LogP contribution in [-0.2, 0) is 30.7 Å². The fourth-order valence-corrected chi connectivity index (χ4v) is 4.24. The van der Waals surface area contributed by atoms with Crippen LogP contribution >= 0.6 is 0 Å². The van der Waals surface area contributed by atoms with Crippen LogP contribution < -0.4 is 20.2 Å². The third-order valence-electron chi connectivity index (χ3n) is 6.01. The van der Waals surface area contributed by atoms with Gasteiger partial charge in [0.05, 0.1) is 6.54 Å². The second kappa shape index (κ2) is 8.07. The minimum atomic E-state index is -0.0633. The Bertz CT molecular complexity index is 1220. The van der Waals surface area contributed by atoms with E-state index in [4.69, 9.17) is 9.47 Å². The van der Waals surface area contributed by atoms with E-state index in [9.17, 15) is 9.59 Å². The molecule has 2 N–H and O–H groups in total. The van der Waals surface area contributed by atoms with E-state index in [1.807, 2.05) is 35.2 Å². The standard InChI is InChI=1S/C24H25N3O4/c1-2-15-3-5-19-17(9-15)24(29)18-12-27(8-7-20(18)26-19)13-23(28)25-11-16-4-6-21-22(10-16)31-14-30-21/h3-6,9-10H,2,7-8,11-14H2,1H3,(H,25,28)(H,26,29). The summed E-state index contributed by atoms with van der Waals surface area (Å²) in [6.45, 7) is 4.21. The molecule has 0 spiro atoms. The third kappa shape index (κ3) is 3.88. The number of nitrogens with zero attached hydrogens (tertiary/aromatic N) is 1. The monoisotopic (exact) mass is 419 g/mol. The van der Waals surface area contributed by atoms with E-state index in [1.54, 1.807) is 0 Å². The van der Waals surface area contributed by atoms with Crippen molar-refractivity contribution in [1.82, 2.24) is 15.2 Å². The maximum atomic E-state index is 13.1. The van der Waals surface area contributed by atoms with Crippen molar-refractivity contribution in [2.24, 2.45) is 0 Å². The first-order chi connectivity index (χ1) is 15.1. The van der Waals surface area contributed by atoms with Gasteiger partial charge in [0.2, 0.25) is 12.7 Å². The highest BCUT2D eigenvalue weighted by molar-refractivity contribution is 5.80. The third-order valence-corrected chi connectivity index (χ3v) is 6.01. The maximum Gasteiger partial charge on any atom is 0.234 e. The lowest BCUT2D eigenvalue weighted by Crippen LogP contribution is -2.41. The molecule has 3 heterocycles. The molecule has 0 atom stereocenters. The molecule has 0 saturated carbocycles. The molecule has 7 heteroatoms. The van der Waals surface area contributed by atoms with Gasteiger partial charge in [-0.3, -0.25) is 14.5 Å². The molecule has 31 heavy (non-hydrogen) atoms. The molecule has 2 aliphatic heterocycles. The molecular formula is C24H25N3O4. The van der Waals surface area contributed by atoms with Gasteiger partial charge in [-0.05, 0) is 41.8 Å². The minimum Gasteiger partial charge on any atom is -0.454 e. The van der Waals surface area contributed by atoms with Crippen LogP contribution in [0.5, 0.6) is 11.5 Å². The second-order valence-corrected chi connectivity index (χ2v) is 8.07. The Hall–Kier alpha value is -3.32. The average Bonchev–Trinajstić information content (AvgIpc) is 3.26. The smallest absolute Gasteiger partial charge is 0.234 e. The number of hydrogen-bond donors (Lipinski definition) is 2. The van der Waals surface area contributed by atoms with Crippen molar-refractivity contribution >= 4 is 16.8 Å². The molecule has 0 radical (unpaired) electrons. The first kappa shape index (κ1) is 19.6. The van der Waals surface area contributed by atoms with Crippen LogP contribution in [0.2, 0.25) is 0 Å². The Morgan fingerprint density at radius 2 is 1.97 bits per heavy atom. The van der Waals surface area contributed by atoms with Gasteiger partial charge in [-0.2, -0.15) is 0 Å². The molecule has 5 rings (SSSR count). The molecule has 2 aromatic carbocycles. The Kier molecular flexibility index (Phi) is 5.11. The van der Waals surface area contributed by atoms with Crippen LogP contribution in [0.3, 0.4) is 0 Å². The number of H-pyrrole nitrogens is 1. The Balaban J connectivity index is 1.25. The highest BCUT2D eigenvalue weighted by Gasteiger charge is 2.22. The van der Waals surface area contributed by atoms with Crippen LogP contribution in [0.25, 0.3) is 10.9 Å². The van der Waals surface area contributed by atoms with E-state index in [0.717, 1.165) is 58.4 Å². The van der Waals surface area contributed by atoms with Gasteiger partial charge in [0.1, 0.15) is 0 Å². The zero-order chi connectivity index (χ0) is 21.4. The fourth-order valence-electron chi connectivity index (χ4n) is 4.24. The fraction of sp³-hybridized carbons (Fsp3) is 0.333. The maximum absolute atomic E-state index is 13.1. The lowest BCUT2D eigenvalue weighted by Gasteiger charge is -2.28. The number of amides is 1. The molecule has 3 aromatic rings. The SMILES string of the molecule is CCc1ccc2[nH]c3c(c(=O)c2c1)CN(CC(=O)NCc1ccc2c(c1)OCO2)CC3. The number of aromatic nitrogens is 1. The van der Waals surface area contributed by atoms with Gasteiger partial charge in [-0.1, -0.05) is 19.1 Å². The highest BCUT2D eigenvalue weighted by atomic mass is 16.7. The predicted molar refractivity (Wildman–Crippen MR) is 117 cm³/mol. The van der Waals surface area contributed by atoms with Gasteiger partial charge in [0.15, 0.2) is 16.9 Å². The molecular weight excluding hydrogens is 394 g/mol. The van der Waals surface area contributed by atoms with E-state index in [1.165, 1.54) is 0 Å².